The summed E-state index contributed by atoms with van der Waals surface area (Å²) in [5, 5.41) is 0. The second-order valence-electron chi connectivity index (χ2n) is 6.82. The maximum absolute atomic E-state index is 12.1. The Morgan fingerprint density at radius 3 is 2.85 bits per heavy atom. The van der Waals surface area contributed by atoms with Crippen LogP contribution in [0.5, 0.6) is 0 Å². The molecule has 0 bridgehead atoms. The maximum Gasteiger partial charge on any atom is 0.159 e. The number of Topliss-reactive ketones (excluding diaryl/α,β-unsaturated/α-hetero) is 1. The minimum absolute atomic E-state index is 0.0364. The SMILES string of the molecule is C=C1C(=O)C[C@@H]2C[C@H]3CC(C)=C(COCOC)[C@H]3[C@]12C. The molecular formula is C17H24O3. The molecule has 2 fully saturated rings. The third-order valence-corrected chi connectivity index (χ3v) is 5.92. The van der Waals surface area contributed by atoms with E-state index in [1.807, 2.05) is 0 Å². The van der Waals surface area contributed by atoms with Crippen LogP contribution in [0.3, 0.4) is 0 Å². The van der Waals surface area contributed by atoms with Gasteiger partial charge in [-0.15, -0.1) is 0 Å². The number of carbonyl (C=O) groups is 1. The highest BCUT2D eigenvalue weighted by atomic mass is 16.7. The number of rotatable bonds is 4. The Morgan fingerprint density at radius 2 is 2.15 bits per heavy atom. The highest BCUT2D eigenvalue weighted by Gasteiger charge is 2.61. The van der Waals surface area contributed by atoms with E-state index < -0.39 is 0 Å². The first-order chi connectivity index (χ1) is 9.50. The van der Waals surface area contributed by atoms with E-state index in [0.717, 1.165) is 18.4 Å². The summed E-state index contributed by atoms with van der Waals surface area (Å²) >= 11 is 0. The van der Waals surface area contributed by atoms with Crippen LogP contribution in [0.2, 0.25) is 0 Å². The molecule has 20 heavy (non-hydrogen) atoms. The average molecular weight is 276 g/mol. The Kier molecular flexibility index (Phi) is 3.38. The van der Waals surface area contributed by atoms with Crippen LogP contribution in [0.25, 0.3) is 0 Å². The molecular weight excluding hydrogens is 252 g/mol. The molecule has 3 aliphatic carbocycles. The van der Waals surface area contributed by atoms with E-state index in [-0.39, 0.29) is 11.2 Å². The topological polar surface area (TPSA) is 35.5 Å². The summed E-state index contributed by atoms with van der Waals surface area (Å²) in [6.07, 6.45) is 3.02. The predicted octanol–water partition coefficient (Wildman–Crippen LogP) is 3.11. The monoisotopic (exact) mass is 276 g/mol. The second kappa shape index (κ2) is 4.81. The Balaban J connectivity index is 1.88. The number of carbonyl (C=O) groups excluding carboxylic acids is 1. The zero-order valence-corrected chi connectivity index (χ0v) is 12.7. The minimum Gasteiger partial charge on any atom is -0.359 e. The summed E-state index contributed by atoms with van der Waals surface area (Å²) in [4.78, 5) is 12.1. The van der Waals surface area contributed by atoms with Crippen LogP contribution in [-0.4, -0.2) is 26.3 Å². The lowest BCUT2D eigenvalue weighted by Crippen LogP contribution is -2.30. The Bertz CT molecular complexity index is 490. The lowest BCUT2D eigenvalue weighted by atomic mass is 9.70. The quantitative estimate of drug-likeness (QED) is 0.342. The van der Waals surface area contributed by atoms with Crippen molar-refractivity contribution in [1.29, 1.82) is 0 Å². The van der Waals surface area contributed by atoms with Gasteiger partial charge < -0.3 is 9.47 Å². The molecule has 0 aromatic rings. The molecule has 3 heteroatoms. The third-order valence-electron chi connectivity index (χ3n) is 5.92. The van der Waals surface area contributed by atoms with Gasteiger partial charge in [-0.2, -0.15) is 0 Å². The summed E-state index contributed by atoms with van der Waals surface area (Å²) in [5.41, 5.74) is 3.66. The molecule has 4 atom stereocenters. The number of hydrogen-bond donors (Lipinski definition) is 0. The maximum atomic E-state index is 12.1. The van der Waals surface area contributed by atoms with Crippen molar-refractivity contribution >= 4 is 5.78 Å². The average Bonchev–Trinajstić information content (AvgIpc) is 2.92. The molecule has 0 aliphatic heterocycles. The van der Waals surface area contributed by atoms with Crippen molar-refractivity contribution in [3.63, 3.8) is 0 Å². The first-order valence-electron chi connectivity index (χ1n) is 7.47. The van der Waals surface area contributed by atoms with Crippen LogP contribution in [0.4, 0.5) is 0 Å². The van der Waals surface area contributed by atoms with E-state index in [1.165, 1.54) is 11.1 Å². The van der Waals surface area contributed by atoms with E-state index in [4.69, 9.17) is 9.47 Å². The molecule has 0 spiro atoms. The molecule has 0 heterocycles. The molecule has 0 aromatic carbocycles. The predicted molar refractivity (Wildman–Crippen MR) is 77.1 cm³/mol. The molecule has 110 valence electrons. The normalized spacial score (nSPS) is 39.6. The second-order valence-corrected chi connectivity index (χ2v) is 6.82. The molecule has 0 unspecified atom stereocenters. The number of ketones is 1. The first-order valence-corrected chi connectivity index (χ1v) is 7.47. The van der Waals surface area contributed by atoms with Crippen molar-refractivity contribution in [3.05, 3.63) is 23.3 Å². The molecule has 3 nitrogen and oxygen atoms in total. The van der Waals surface area contributed by atoms with Crippen molar-refractivity contribution in [2.24, 2.45) is 23.2 Å². The van der Waals surface area contributed by atoms with Crippen molar-refractivity contribution in [2.45, 2.75) is 33.1 Å². The van der Waals surface area contributed by atoms with Gasteiger partial charge in [0.05, 0.1) is 6.61 Å². The van der Waals surface area contributed by atoms with Gasteiger partial charge in [-0.1, -0.05) is 19.1 Å². The molecule has 0 N–H and O–H groups in total. The molecule has 2 saturated carbocycles. The lowest BCUT2D eigenvalue weighted by Gasteiger charge is -2.34. The van der Waals surface area contributed by atoms with Crippen LogP contribution < -0.4 is 0 Å². The Labute approximate surface area is 121 Å². The fraction of sp³-hybridized carbons (Fsp3) is 0.706. The fourth-order valence-electron chi connectivity index (χ4n) is 4.95. The van der Waals surface area contributed by atoms with Crippen molar-refractivity contribution in [3.8, 4) is 0 Å². The van der Waals surface area contributed by atoms with Crippen LogP contribution in [0, 0.1) is 23.2 Å². The fourth-order valence-corrected chi connectivity index (χ4v) is 4.95. The number of fused-ring (bicyclic) bond motifs is 3. The van der Waals surface area contributed by atoms with Gasteiger partial charge in [0, 0.05) is 18.9 Å². The van der Waals surface area contributed by atoms with Gasteiger partial charge in [0.2, 0.25) is 0 Å². The lowest BCUT2D eigenvalue weighted by molar-refractivity contribution is -0.115. The summed E-state index contributed by atoms with van der Waals surface area (Å²) in [6, 6.07) is 0. The zero-order valence-electron chi connectivity index (χ0n) is 12.7. The van der Waals surface area contributed by atoms with Gasteiger partial charge >= 0.3 is 0 Å². The highest BCUT2D eigenvalue weighted by molar-refractivity contribution is 5.99. The Hall–Kier alpha value is -0.930. The molecule has 3 aliphatic rings. The van der Waals surface area contributed by atoms with E-state index >= 15 is 0 Å². The number of methoxy groups -OCH3 is 1. The number of hydrogen-bond acceptors (Lipinski definition) is 3. The third kappa shape index (κ3) is 1.76. The smallest absolute Gasteiger partial charge is 0.159 e. The highest BCUT2D eigenvalue weighted by Crippen LogP contribution is 2.66. The van der Waals surface area contributed by atoms with Crippen molar-refractivity contribution in [2.75, 3.05) is 20.5 Å². The number of allylic oxidation sites excluding steroid dienone is 2. The van der Waals surface area contributed by atoms with Gasteiger partial charge in [0.25, 0.3) is 0 Å². The van der Waals surface area contributed by atoms with E-state index in [9.17, 15) is 4.79 Å². The molecule has 0 amide bonds. The minimum atomic E-state index is -0.0364. The molecule has 0 radical (unpaired) electrons. The van der Waals surface area contributed by atoms with Gasteiger partial charge in [-0.3, -0.25) is 4.79 Å². The van der Waals surface area contributed by atoms with Gasteiger partial charge in [0.1, 0.15) is 6.79 Å². The first kappa shape index (κ1) is 14.0. The summed E-state index contributed by atoms with van der Waals surface area (Å²) in [5.74, 6) is 1.89. The van der Waals surface area contributed by atoms with Gasteiger partial charge in [0.15, 0.2) is 5.78 Å². The van der Waals surface area contributed by atoms with Crippen LogP contribution >= 0.6 is 0 Å². The van der Waals surface area contributed by atoms with E-state index in [0.29, 0.717) is 37.6 Å². The van der Waals surface area contributed by atoms with Crippen LogP contribution in [0.15, 0.2) is 23.3 Å². The van der Waals surface area contributed by atoms with Crippen LogP contribution in [-0.2, 0) is 14.3 Å². The Morgan fingerprint density at radius 1 is 1.40 bits per heavy atom. The molecule has 0 saturated heterocycles. The number of ether oxygens (including phenoxy) is 2. The van der Waals surface area contributed by atoms with Crippen molar-refractivity contribution < 1.29 is 14.3 Å². The van der Waals surface area contributed by atoms with Crippen LogP contribution in [0.1, 0.15) is 33.1 Å². The summed E-state index contributed by atoms with van der Waals surface area (Å²) < 4.78 is 10.6. The molecule has 3 rings (SSSR count). The molecule has 0 aromatic heterocycles. The zero-order chi connectivity index (χ0) is 14.5. The van der Waals surface area contributed by atoms with E-state index in [2.05, 4.69) is 20.4 Å². The van der Waals surface area contributed by atoms with Gasteiger partial charge in [-0.05, 0) is 48.7 Å². The van der Waals surface area contributed by atoms with Gasteiger partial charge in [-0.25, -0.2) is 0 Å². The van der Waals surface area contributed by atoms with Crippen molar-refractivity contribution in [1.82, 2.24) is 0 Å². The standard InChI is InChI=1S/C17H24O3/c1-10-5-12-6-13-7-15(18)11(2)17(13,3)16(12)14(10)8-20-9-19-4/h12-13,16H,2,5-9H2,1,3-4H3/t12-,13+,16+,17-/m1/s1. The summed E-state index contributed by atoms with van der Waals surface area (Å²) in [6.45, 7) is 9.55. The summed E-state index contributed by atoms with van der Waals surface area (Å²) in [7, 11) is 1.64. The largest absolute Gasteiger partial charge is 0.359 e. The van der Waals surface area contributed by atoms with E-state index in [1.54, 1.807) is 7.11 Å².